The summed E-state index contributed by atoms with van der Waals surface area (Å²) in [6.45, 7) is 11.1. The first-order chi connectivity index (χ1) is 5.41. The Balaban J connectivity index is 2.97. The van der Waals surface area contributed by atoms with Gasteiger partial charge in [0.1, 0.15) is 0 Å². The lowest BCUT2D eigenvalue weighted by Crippen LogP contribution is -2.05. The van der Waals surface area contributed by atoms with E-state index in [-0.39, 0.29) is 5.41 Å². The molecular formula is C12H18. The van der Waals surface area contributed by atoms with Gasteiger partial charge in [0.05, 0.1) is 0 Å². The van der Waals surface area contributed by atoms with Crippen LogP contribution < -0.4 is 0 Å². The van der Waals surface area contributed by atoms with Gasteiger partial charge in [0.2, 0.25) is 0 Å². The van der Waals surface area contributed by atoms with Crippen molar-refractivity contribution in [1.82, 2.24) is 0 Å². The molecule has 12 heavy (non-hydrogen) atoms. The predicted molar refractivity (Wildman–Crippen MR) is 55.1 cm³/mol. The summed E-state index contributed by atoms with van der Waals surface area (Å²) < 4.78 is 0. The van der Waals surface area contributed by atoms with Crippen molar-refractivity contribution >= 4 is 0 Å². The highest BCUT2D eigenvalue weighted by molar-refractivity contribution is 5.49. The van der Waals surface area contributed by atoms with Crippen LogP contribution in [0.25, 0.3) is 0 Å². The first-order valence-corrected chi connectivity index (χ1v) is 4.49. The Morgan fingerprint density at radius 2 is 1.67 bits per heavy atom. The molecule has 1 aliphatic carbocycles. The van der Waals surface area contributed by atoms with Crippen LogP contribution in [0.5, 0.6) is 0 Å². The molecule has 0 N–H and O–H groups in total. The van der Waals surface area contributed by atoms with Crippen LogP contribution in [0, 0.1) is 5.41 Å². The molecule has 0 saturated heterocycles. The summed E-state index contributed by atoms with van der Waals surface area (Å²) in [5.74, 6) is 0. The summed E-state index contributed by atoms with van der Waals surface area (Å²) in [6.07, 6.45) is 6.72. The third-order valence-corrected chi connectivity index (χ3v) is 2.20. The van der Waals surface area contributed by atoms with E-state index in [1.54, 1.807) is 0 Å². The molecule has 66 valence electrons. The number of rotatable bonds is 0. The molecule has 0 aromatic rings. The maximum absolute atomic E-state index is 2.29. The second-order valence-corrected chi connectivity index (χ2v) is 4.64. The van der Waals surface area contributed by atoms with Crippen LogP contribution in [0.4, 0.5) is 0 Å². The summed E-state index contributed by atoms with van der Waals surface area (Å²) in [6, 6.07) is 0. The second kappa shape index (κ2) is 2.93. The molecule has 0 saturated carbocycles. The summed E-state index contributed by atoms with van der Waals surface area (Å²) in [4.78, 5) is 0. The largest absolute Gasteiger partial charge is 0.0692 e. The Labute approximate surface area is 75.7 Å². The third kappa shape index (κ3) is 1.88. The molecule has 1 rings (SSSR count). The summed E-state index contributed by atoms with van der Waals surface area (Å²) in [5, 5.41) is 0. The van der Waals surface area contributed by atoms with Crippen LogP contribution in [-0.4, -0.2) is 0 Å². The number of hydrogen-bond acceptors (Lipinski definition) is 0. The molecule has 1 aliphatic rings. The second-order valence-electron chi connectivity index (χ2n) is 4.64. The Kier molecular flexibility index (Phi) is 2.27. The Morgan fingerprint density at radius 3 is 1.92 bits per heavy atom. The highest BCUT2D eigenvalue weighted by atomic mass is 14.2. The van der Waals surface area contributed by atoms with Gasteiger partial charge in [-0.15, -0.1) is 0 Å². The molecule has 0 atom stereocenters. The van der Waals surface area contributed by atoms with E-state index in [1.165, 1.54) is 16.7 Å². The summed E-state index contributed by atoms with van der Waals surface area (Å²) in [5.41, 5.74) is 4.48. The highest BCUT2D eigenvalue weighted by Gasteiger charge is 2.17. The minimum absolute atomic E-state index is 0.285. The topological polar surface area (TPSA) is 0 Å². The molecule has 0 radical (unpaired) electrons. The molecule has 0 bridgehead atoms. The molecule has 0 nitrogen and oxygen atoms in total. The van der Waals surface area contributed by atoms with Gasteiger partial charge < -0.3 is 0 Å². The van der Waals surface area contributed by atoms with Gasteiger partial charge >= 0.3 is 0 Å². The van der Waals surface area contributed by atoms with Crippen molar-refractivity contribution in [2.75, 3.05) is 0 Å². The fraction of sp³-hybridized carbons (Fsp3) is 0.500. The third-order valence-electron chi connectivity index (χ3n) is 2.20. The minimum Gasteiger partial charge on any atom is -0.0692 e. The van der Waals surface area contributed by atoms with Crippen molar-refractivity contribution in [3.8, 4) is 0 Å². The summed E-state index contributed by atoms with van der Waals surface area (Å²) >= 11 is 0. The van der Waals surface area contributed by atoms with Crippen LogP contribution in [0.1, 0.15) is 34.6 Å². The molecule has 0 amide bonds. The van der Waals surface area contributed by atoms with Crippen molar-refractivity contribution in [1.29, 1.82) is 0 Å². The maximum Gasteiger partial charge on any atom is -0.0132 e. The van der Waals surface area contributed by atoms with Gasteiger partial charge in [-0.3, -0.25) is 0 Å². The van der Waals surface area contributed by atoms with E-state index in [9.17, 15) is 0 Å². The van der Waals surface area contributed by atoms with E-state index in [0.29, 0.717) is 0 Å². The highest BCUT2D eigenvalue weighted by Crippen LogP contribution is 2.32. The molecule has 0 heterocycles. The molecule has 0 aromatic heterocycles. The SMILES string of the molecule is CC(C)=C1C=CC(C(C)(C)C)=C1. The van der Waals surface area contributed by atoms with Crippen LogP contribution in [-0.2, 0) is 0 Å². The van der Waals surface area contributed by atoms with Gasteiger partial charge in [-0.1, -0.05) is 44.6 Å². The predicted octanol–water partition coefficient (Wildman–Crippen LogP) is 3.87. The molecule has 0 spiro atoms. The van der Waals surface area contributed by atoms with E-state index in [1.807, 2.05) is 0 Å². The van der Waals surface area contributed by atoms with Crippen molar-refractivity contribution in [3.05, 3.63) is 34.9 Å². The number of hydrogen-bond donors (Lipinski definition) is 0. The van der Waals surface area contributed by atoms with Gasteiger partial charge in [0, 0.05) is 0 Å². The first-order valence-electron chi connectivity index (χ1n) is 4.49. The molecule has 0 fully saturated rings. The fourth-order valence-electron chi connectivity index (χ4n) is 1.22. The molecule has 0 aliphatic heterocycles. The van der Waals surface area contributed by atoms with E-state index < -0.39 is 0 Å². The molecular weight excluding hydrogens is 144 g/mol. The van der Waals surface area contributed by atoms with E-state index in [2.05, 4.69) is 52.8 Å². The first kappa shape index (κ1) is 9.31. The normalized spacial score (nSPS) is 16.8. The van der Waals surface area contributed by atoms with Crippen molar-refractivity contribution in [2.45, 2.75) is 34.6 Å². The Morgan fingerprint density at radius 1 is 1.08 bits per heavy atom. The van der Waals surface area contributed by atoms with Gasteiger partial charge in [-0.05, 0) is 30.4 Å². The van der Waals surface area contributed by atoms with E-state index >= 15 is 0 Å². The van der Waals surface area contributed by atoms with E-state index in [4.69, 9.17) is 0 Å². The lowest BCUT2D eigenvalue weighted by atomic mass is 9.87. The zero-order valence-electron chi connectivity index (χ0n) is 8.73. The standard InChI is InChI=1S/C12H18/c1-9(2)10-6-7-11(8-10)12(3,4)5/h6-8H,1-5H3. The maximum atomic E-state index is 2.29. The average molecular weight is 162 g/mol. The smallest absolute Gasteiger partial charge is 0.0132 e. The van der Waals surface area contributed by atoms with Crippen molar-refractivity contribution in [3.63, 3.8) is 0 Å². The van der Waals surface area contributed by atoms with Gasteiger partial charge in [0.15, 0.2) is 0 Å². The van der Waals surface area contributed by atoms with Gasteiger partial charge in [-0.2, -0.15) is 0 Å². The van der Waals surface area contributed by atoms with Crippen LogP contribution >= 0.6 is 0 Å². The van der Waals surface area contributed by atoms with Crippen LogP contribution in [0.3, 0.4) is 0 Å². The quantitative estimate of drug-likeness (QED) is 0.507. The lowest BCUT2D eigenvalue weighted by Gasteiger charge is -2.18. The zero-order valence-corrected chi connectivity index (χ0v) is 8.73. The molecule has 0 unspecified atom stereocenters. The minimum atomic E-state index is 0.285. The molecule has 0 heteroatoms. The van der Waals surface area contributed by atoms with Gasteiger partial charge in [0.25, 0.3) is 0 Å². The molecule has 0 aromatic carbocycles. The monoisotopic (exact) mass is 162 g/mol. The Hall–Kier alpha value is -0.780. The van der Waals surface area contributed by atoms with Crippen LogP contribution in [0.15, 0.2) is 34.9 Å². The Bertz CT molecular complexity index is 263. The van der Waals surface area contributed by atoms with Gasteiger partial charge in [-0.25, -0.2) is 0 Å². The van der Waals surface area contributed by atoms with E-state index in [0.717, 1.165) is 0 Å². The van der Waals surface area contributed by atoms with Crippen molar-refractivity contribution < 1.29 is 0 Å². The van der Waals surface area contributed by atoms with Crippen molar-refractivity contribution in [2.24, 2.45) is 5.41 Å². The lowest BCUT2D eigenvalue weighted by molar-refractivity contribution is 0.518. The summed E-state index contributed by atoms with van der Waals surface area (Å²) in [7, 11) is 0. The zero-order chi connectivity index (χ0) is 9.35. The average Bonchev–Trinajstić information content (AvgIpc) is 2.30. The number of allylic oxidation sites excluding steroid dienone is 6. The fourth-order valence-corrected chi connectivity index (χ4v) is 1.22. The van der Waals surface area contributed by atoms with Crippen LogP contribution in [0.2, 0.25) is 0 Å².